The summed E-state index contributed by atoms with van der Waals surface area (Å²) in [7, 11) is 0. The number of benzene rings is 1. The maximum absolute atomic E-state index is 5.43. The van der Waals surface area contributed by atoms with Crippen molar-refractivity contribution >= 4 is 17.3 Å². The molecule has 0 unspecified atom stereocenters. The molecule has 0 aromatic heterocycles. The summed E-state index contributed by atoms with van der Waals surface area (Å²) in [4.78, 5) is 0. The van der Waals surface area contributed by atoms with Gasteiger partial charge in [-0.1, -0.05) is 52.3 Å². The zero-order chi connectivity index (χ0) is 18.9. The topological polar surface area (TPSA) is 24.1 Å². The molecule has 0 amide bonds. The number of hydrogen-bond donors (Lipinski definition) is 2. The van der Waals surface area contributed by atoms with Crippen LogP contribution in [-0.2, 0) is 11.8 Å². The average Bonchev–Trinajstić information content (AvgIpc) is 2.60. The molecule has 144 valence electrons. The van der Waals surface area contributed by atoms with Crippen molar-refractivity contribution in [1.29, 1.82) is 0 Å². The summed E-state index contributed by atoms with van der Waals surface area (Å²) in [6.07, 6.45) is 6.46. The van der Waals surface area contributed by atoms with Gasteiger partial charge in [-0.2, -0.15) is 0 Å². The lowest BCUT2D eigenvalue weighted by atomic mass is 9.49. The zero-order valence-electron chi connectivity index (χ0n) is 17.2. The molecule has 1 fully saturated rings. The van der Waals surface area contributed by atoms with E-state index < -0.39 is 0 Å². The third-order valence-corrected chi connectivity index (χ3v) is 7.45. The van der Waals surface area contributed by atoms with Crippen LogP contribution in [0.4, 0.5) is 0 Å². The van der Waals surface area contributed by atoms with Crippen LogP contribution in [0.5, 0.6) is 0 Å². The van der Waals surface area contributed by atoms with Crippen molar-refractivity contribution in [3.05, 3.63) is 34.9 Å². The molecule has 2 N–H and O–H groups in total. The van der Waals surface area contributed by atoms with Crippen molar-refractivity contribution in [3.8, 4) is 0 Å². The maximum Gasteiger partial charge on any atom is 0.166 e. The van der Waals surface area contributed by atoms with E-state index in [1.54, 1.807) is 11.1 Å². The van der Waals surface area contributed by atoms with Crippen molar-refractivity contribution < 1.29 is 0 Å². The van der Waals surface area contributed by atoms with E-state index in [0.717, 1.165) is 24.1 Å². The molecule has 2 aliphatic rings. The Balaban J connectivity index is 1.86. The van der Waals surface area contributed by atoms with E-state index >= 15 is 0 Å². The molecule has 0 saturated heterocycles. The lowest BCUT2D eigenvalue weighted by molar-refractivity contribution is 0.0292. The van der Waals surface area contributed by atoms with Crippen molar-refractivity contribution in [2.24, 2.45) is 11.3 Å². The number of fused-ring (bicyclic) bond motifs is 3. The molecule has 0 aliphatic heterocycles. The second-order valence-electron chi connectivity index (χ2n) is 9.30. The number of aryl methyl sites for hydroxylation is 1. The fraction of sp³-hybridized carbons (Fsp3) is 0.696. The van der Waals surface area contributed by atoms with Crippen LogP contribution in [0.15, 0.2) is 18.2 Å². The van der Waals surface area contributed by atoms with E-state index in [1.807, 2.05) is 0 Å². The predicted molar refractivity (Wildman–Crippen MR) is 116 cm³/mol. The third-order valence-electron chi connectivity index (χ3n) is 7.16. The van der Waals surface area contributed by atoms with Crippen LogP contribution >= 0.6 is 12.2 Å². The summed E-state index contributed by atoms with van der Waals surface area (Å²) < 4.78 is 0. The fourth-order valence-corrected chi connectivity index (χ4v) is 5.94. The second kappa shape index (κ2) is 7.50. The van der Waals surface area contributed by atoms with Gasteiger partial charge in [-0.25, -0.2) is 0 Å². The quantitative estimate of drug-likeness (QED) is 0.701. The van der Waals surface area contributed by atoms with E-state index in [0.29, 0.717) is 16.7 Å². The third kappa shape index (κ3) is 3.52. The molecular formula is C23H36N2S. The summed E-state index contributed by atoms with van der Waals surface area (Å²) in [5.74, 6) is 1.33. The van der Waals surface area contributed by atoms with Gasteiger partial charge in [-0.3, -0.25) is 0 Å². The van der Waals surface area contributed by atoms with Gasteiger partial charge in [0, 0.05) is 13.1 Å². The van der Waals surface area contributed by atoms with Crippen LogP contribution in [0.2, 0.25) is 0 Å². The summed E-state index contributed by atoms with van der Waals surface area (Å²) in [6.45, 7) is 13.6. The van der Waals surface area contributed by atoms with Gasteiger partial charge in [-0.15, -0.1) is 0 Å². The molecule has 0 radical (unpaired) electrons. The van der Waals surface area contributed by atoms with Crippen molar-refractivity contribution in [2.45, 2.75) is 78.1 Å². The first-order valence-electron chi connectivity index (χ1n) is 10.4. The Kier molecular flexibility index (Phi) is 5.67. The van der Waals surface area contributed by atoms with Crippen LogP contribution in [0.3, 0.4) is 0 Å². The van der Waals surface area contributed by atoms with E-state index in [1.165, 1.54) is 37.7 Å². The minimum Gasteiger partial charge on any atom is -0.363 e. The Morgan fingerprint density at radius 3 is 2.69 bits per heavy atom. The highest BCUT2D eigenvalue weighted by atomic mass is 32.1. The average molecular weight is 373 g/mol. The molecule has 0 heterocycles. The SMILES string of the molecule is CCNC(=S)NC[C@]1(C)CCC[C@]2(C)c3ccc(C(C)C)cc3CC[C@@H]12. The number of rotatable bonds is 4. The molecule has 3 rings (SSSR count). The van der Waals surface area contributed by atoms with Crippen LogP contribution in [-0.4, -0.2) is 18.2 Å². The van der Waals surface area contributed by atoms with Crippen LogP contribution in [0, 0.1) is 11.3 Å². The van der Waals surface area contributed by atoms with Gasteiger partial charge in [0.05, 0.1) is 0 Å². The van der Waals surface area contributed by atoms with Crippen LogP contribution < -0.4 is 10.6 Å². The van der Waals surface area contributed by atoms with Gasteiger partial charge in [0.15, 0.2) is 5.11 Å². The molecule has 0 spiro atoms. The number of thiocarbonyl (C=S) groups is 1. The Morgan fingerprint density at radius 1 is 1.23 bits per heavy atom. The Morgan fingerprint density at radius 2 is 2.00 bits per heavy atom. The normalized spacial score (nSPS) is 30.5. The summed E-state index contributed by atoms with van der Waals surface area (Å²) >= 11 is 5.43. The number of nitrogens with one attached hydrogen (secondary N) is 2. The Hall–Kier alpha value is -1.09. The first-order chi connectivity index (χ1) is 12.3. The smallest absolute Gasteiger partial charge is 0.166 e. The second-order valence-corrected chi connectivity index (χ2v) is 9.71. The highest BCUT2D eigenvalue weighted by Gasteiger charge is 2.51. The van der Waals surface area contributed by atoms with E-state index in [-0.39, 0.29) is 0 Å². The summed E-state index contributed by atoms with van der Waals surface area (Å²) in [5.41, 5.74) is 5.33. The first kappa shape index (κ1) is 19.7. The summed E-state index contributed by atoms with van der Waals surface area (Å²) in [6, 6.07) is 7.33. The molecule has 26 heavy (non-hydrogen) atoms. The molecule has 1 aromatic rings. The molecule has 3 heteroatoms. The lowest BCUT2D eigenvalue weighted by Gasteiger charge is -2.55. The highest BCUT2D eigenvalue weighted by Crippen LogP contribution is 2.57. The van der Waals surface area contributed by atoms with E-state index in [2.05, 4.69) is 63.5 Å². The first-order valence-corrected chi connectivity index (χ1v) is 10.9. The van der Waals surface area contributed by atoms with Crippen molar-refractivity contribution in [3.63, 3.8) is 0 Å². The van der Waals surface area contributed by atoms with E-state index in [9.17, 15) is 0 Å². The van der Waals surface area contributed by atoms with Crippen molar-refractivity contribution in [1.82, 2.24) is 10.6 Å². The highest BCUT2D eigenvalue weighted by molar-refractivity contribution is 7.80. The monoisotopic (exact) mass is 372 g/mol. The maximum atomic E-state index is 5.43. The van der Waals surface area contributed by atoms with Gasteiger partial charge in [0.1, 0.15) is 0 Å². The Labute approximate surface area is 165 Å². The molecule has 2 aliphatic carbocycles. The number of hydrogen-bond acceptors (Lipinski definition) is 1. The lowest BCUT2D eigenvalue weighted by Crippen LogP contribution is -2.54. The molecule has 1 aromatic carbocycles. The van der Waals surface area contributed by atoms with Crippen LogP contribution in [0.25, 0.3) is 0 Å². The minimum absolute atomic E-state index is 0.303. The van der Waals surface area contributed by atoms with Crippen molar-refractivity contribution in [2.75, 3.05) is 13.1 Å². The van der Waals surface area contributed by atoms with Gasteiger partial charge >= 0.3 is 0 Å². The molecular weight excluding hydrogens is 336 g/mol. The Bertz CT molecular complexity index is 668. The molecule has 0 bridgehead atoms. The molecule has 1 saturated carbocycles. The van der Waals surface area contributed by atoms with Gasteiger partial charge in [-0.05, 0) is 84.2 Å². The molecule has 3 atom stereocenters. The van der Waals surface area contributed by atoms with Gasteiger partial charge < -0.3 is 10.6 Å². The van der Waals surface area contributed by atoms with Gasteiger partial charge in [0.2, 0.25) is 0 Å². The predicted octanol–water partition coefficient (Wildman–Crippen LogP) is 5.30. The minimum atomic E-state index is 0.303. The van der Waals surface area contributed by atoms with E-state index in [4.69, 9.17) is 12.2 Å². The largest absolute Gasteiger partial charge is 0.363 e. The fourth-order valence-electron chi connectivity index (χ4n) is 5.72. The standard InChI is InChI=1S/C23H36N2S/c1-6-24-21(26)25-15-22(4)12-7-13-23(5)19-10-8-17(16(2)3)14-18(19)9-11-20(22)23/h8,10,14,16,20H,6-7,9,11-13,15H2,1-5H3,(H2,24,25,26)/t20-,22-,23+/m0/s1. The zero-order valence-corrected chi connectivity index (χ0v) is 18.1. The van der Waals surface area contributed by atoms with Crippen LogP contribution in [0.1, 0.15) is 82.9 Å². The van der Waals surface area contributed by atoms with Gasteiger partial charge in [0.25, 0.3) is 0 Å². The molecule has 2 nitrogen and oxygen atoms in total. The summed E-state index contributed by atoms with van der Waals surface area (Å²) in [5, 5.41) is 7.55.